The van der Waals surface area contributed by atoms with Gasteiger partial charge in [-0.15, -0.1) is 11.3 Å². The minimum atomic E-state index is -1.43. The molecule has 0 aliphatic carbocycles. The van der Waals surface area contributed by atoms with Crippen molar-refractivity contribution in [2.45, 2.75) is 18.5 Å². The van der Waals surface area contributed by atoms with Gasteiger partial charge in [-0.25, -0.2) is 17.6 Å². The molecule has 24 heavy (non-hydrogen) atoms. The lowest BCUT2D eigenvalue weighted by atomic mass is 10.0. The van der Waals surface area contributed by atoms with Crippen LogP contribution >= 0.6 is 11.3 Å². The first-order valence-electron chi connectivity index (χ1n) is 7.18. The fourth-order valence-corrected chi connectivity index (χ4v) is 4.62. The van der Waals surface area contributed by atoms with Crippen molar-refractivity contribution in [2.24, 2.45) is 0 Å². The van der Waals surface area contributed by atoms with Crippen molar-refractivity contribution in [3.63, 3.8) is 0 Å². The predicted molar refractivity (Wildman–Crippen MR) is 90.7 cm³/mol. The average Bonchev–Trinajstić information content (AvgIpc) is 3.07. The molecule has 2 aromatic rings. The molecule has 1 N–H and O–H groups in total. The van der Waals surface area contributed by atoms with Gasteiger partial charge in [0.2, 0.25) is 0 Å². The smallest absolute Gasteiger partial charge is 0.170 e. The lowest BCUT2D eigenvalue weighted by Crippen LogP contribution is -2.48. The maximum Gasteiger partial charge on any atom is 0.170 e. The molecule has 2 heterocycles. The molecule has 0 saturated carbocycles. The summed E-state index contributed by atoms with van der Waals surface area (Å²) in [6.07, 6.45) is 1.32. The number of thiophene rings is 1. The maximum absolute atomic E-state index is 13.8. The molecule has 1 aromatic carbocycles. The number of hydrogen-bond acceptors (Lipinski definition) is 4. The van der Waals surface area contributed by atoms with Crippen LogP contribution in [-0.4, -0.2) is 27.9 Å². The van der Waals surface area contributed by atoms with Crippen LogP contribution in [0.4, 0.5) is 4.39 Å². The van der Waals surface area contributed by atoms with E-state index in [0.29, 0.717) is 12.0 Å². The zero-order valence-electron chi connectivity index (χ0n) is 12.7. The Labute approximate surface area is 145 Å². The molecule has 1 fully saturated rings. The highest BCUT2D eigenvalue weighted by Crippen LogP contribution is 2.34. The quantitative estimate of drug-likeness (QED) is 0.852. The van der Waals surface area contributed by atoms with Crippen LogP contribution < -0.4 is 4.72 Å². The third-order valence-corrected chi connectivity index (χ3v) is 6.32. The predicted octanol–water partition coefficient (Wildman–Crippen LogP) is 2.54. The fourth-order valence-electron chi connectivity index (χ4n) is 2.55. The average molecular weight is 363 g/mol. The third kappa shape index (κ3) is 3.16. The summed E-state index contributed by atoms with van der Waals surface area (Å²) in [6.45, 7) is 0. The number of nitrogens with one attached hydrogen (secondary N) is 1. The zero-order chi connectivity index (χ0) is 17.3. The summed E-state index contributed by atoms with van der Waals surface area (Å²) in [5, 5.41) is 10.7. The van der Waals surface area contributed by atoms with Crippen molar-refractivity contribution in [2.75, 3.05) is 7.05 Å². The highest BCUT2D eigenvalue weighted by molar-refractivity contribution is 7.80. The third-order valence-electron chi connectivity index (χ3n) is 3.99. The Hall–Kier alpha value is -1.92. The van der Waals surface area contributed by atoms with Crippen LogP contribution in [0.5, 0.6) is 0 Å². The van der Waals surface area contributed by atoms with E-state index >= 15 is 0 Å². The molecular formula is C16H14FN3O2S2. The molecule has 0 radical (unpaired) electrons. The number of carbonyl (C=O) groups excluding carboxylic acids is 1. The van der Waals surface area contributed by atoms with Crippen molar-refractivity contribution >= 4 is 28.8 Å². The second-order valence-electron chi connectivity index (χ2n) is 5.45. The first-order chi connectivity index (χ1) is 11.5. The van der Waals surface area contributed by atoms with Gasteiger partial charge in [-0.05, 0) is 41.1 Å². The van der Waals surface area contributed by atoms with Gasteiger partial charge in [0.05, 0.1) is 17.6 Å². The van der Waals surface area contributed by atoms with Crippen LogP contribution in [0.1, 0.15) is 22.9 Å². The van der Waals surface area contributed by atoms with Crippen molar-refractivity contribution in [3.8, 4) is 17.2 Å². The molecule has 0 amide bonds. The Morgan fingerprint density at radius 1 is 1.46 bits per heavy atom. The summed E-state index contributed by atoms with van der Waals surface area (Å²) < 4.78 is 30.3. The lowest BCUT2D eigenvalue weighted by Gasteiger charge is -2.32. The topological polar surface area (TPSA) is 73.2 Å². The van der Waals surface area contributed by atoms with Crippen LogP contribution in [0.25, 0.3) is 11.1 Å². The molecular weight excluding hydrogens is 349 g/mol. The van der Waals surface area contributed by atoms with Crippen LogP contribution in [0.15, 0.2) is 29.6 Å². The Balaban J connectivity index is 1.86. The minimum absolute atomic E-state index is 0.00964. The lowest BCUT2D eigenvalue weighted by molar-refractivity contribution is -0.111. The van der Waals surface area contributed by atoms with Gasteiger partial charge in [-0.2, -0.15) is 5.26 Å². The molecule has 5 nitrogen and oxygen atoms in total. The van der Waals surface area contributed by atoms with Crippen LogP contribution in [0.3, 0.4) is 0 Å². The number of benzene rings is 1. The van der Waals surface area contributed by atoms with E-state index in [4.69, 9.17) is 5.26 Å². The number of carbonyl (C=O) groups is 1. The molecule has 1 aromatic heterocycles. The Kier molecular flexibility index (Phi) is 4.87. The molecule has 1 aliphatic heterocycles. The normalized spacial score (nSPS) is 24.5. The summed E-state index contributed by atoms with van der Waals surface area (Å²) in [6, 6.07) is 7.57. The Bertz CT molecular complexity index is 846. The standard InChI is InChI=1S/C16H14FN3O2S2/c1-20-13(8-21)6-15(19-24(20)22)16-5-12(9-23-16)10-2-3-11(7-18)14(17)4-10/h2-5,8-9,13,15,19H,6H2,1H3. The highest BCUT2D eigenvalue weighted by atomic mass is 32.2. The molecule has 1 saturated heterocycles. The number of rotatable bonds is 3. The summed E-state index contributed by atoms with van der Waals surface area (Å²) in [4.78, 5) is 12.1. The van der Waals surface area contributed by atoms with Gasteiger partial charge in [0.25, 0.3) is 0 Å². The number of likely N-dealkylation sites (N-methyl/N-ethyl adjacent to an activating group) is 1. The number of hydrogen-bond donors (Lipinski definition) is 1. The van der Waals surface area contributed by atoms with Crippen LogP contribution in [0.2, 0.25) is 0 Å². The van der Waals surface area contributed by atoms with E-state index in [1.54, 1.807) is 19.2 Å². The van der Waals surface area contributed by atoms with Gasteiger partial charge >= 0.3 is 0 Å². The number of nitriles is 1. The van der Waals surface area contributed by atoms with Crippen LogP contribution in [0, 0.1) is 17.1 Å². The van der Waals surface area contributed by atoms with Crippen molar-refractivity contribution in [1.29, 1.82) is 5.26 Å². The van der Waals surface area contributed by atoms with E-state index in [2.05, 4.69) is 4.72 Å². The van der Waals surface area contributed by atoms with Gasteiger partial charge in [-0.1, -0.05) is 6.07 Å². The van der Waals surface area contributed by atoms with E-state index in [1.165, 1.54) is 27.8 Å². The molecule has 1 aliphatic rings. The van der Waals surface area contributed by atoms with Crippen molar-refractivity contribution in [3.05, 3.63) is 45.9 Å². The van der Waals surface area contributed by atoms with Gasteiger partial charge in [0.1, 0.15) is 18.2 Å². The van der Waals surface area contributed by atoms with E-state index in [-0.39, 0.29) is 11.6 Å². The van der Waals surface area contributed by atoms with Gasteiger partial charge in [0, 0.05) is 11.9 Å². The molecule has 124 valence electrons. The maximum atomic E-state index is 13.8. The van der Waals surface area contributed by atoms with Crippen molar-refractivity contribution < 1.29 is 13.4 Å². The summed E-state index contributed by atoms with van der Waals surface area (Å²) in [5.41, 5.74) is 1.51. The molecule has 0 spiro atoms. The summed E-state index contributed by atoms with van der Waals surface area (Å²) >= 11 is 0.0376. The number of halogens is 1. The van der Waals surface area contributed by atoms with E-state index in [0.717, 1.165) is 16.7 Å². The minimum Gasteiger partial charge on any atom is -0.302 e. The van der Waals surface area contributed by atoms with Gasteiger partial charge in [-0.3, -0.25) is 0 Å². The number of nitrogens with zero attached hydrogens (tertiary/aromatic N) is 2. The Morgan fingerprint density at radius 3 is 2.92 bits per heavy atom. The zero-order valence-corrected chi connectivity index (χ0v) is 14.4. The monoisotopic (exact) mass is 363 g/mol. The first-order valence-corrected chi connectivity index (χ1v) is 9.16. The van der Waals surface area contributed by atoms with Crippen molar-refractivity contribution in [1.82, 2.24) is 9.03 Å². The number of aldehydes is 1. The van der Waals surface area contributed by atoms with E-state index < -0.39 is 23.0 Å². The molecule has 3 rings (SSSR count). The largest absolute Gasteiger partial charge is 0.302 e. The second kappa shape index (κ2) is 6.91. The molecule has 3 atom stereocenters. The van der Waals surface area contributed by atoms with Gasteiger partial charge < -0.3 is 4.79 Å². The second-order valence-corrected chi connectivity index (χ2v) is 7.70. The summed E-state index contributed by atoms with van der Waals surface area (Å²) in [5.74, 6) is -0.553. The fraction of sp³-hybridized carbons (Fsp3) is 0.250. The first kappa shape index (κ1) is 16.9. The highest BCUT2D eigenvalue weighted by Gasteiger charge is 2.32. The van der Waals surface area contributed by atoms with Crippen LogP contribution in [-0.2, 0) is 16.0 Å². The Morgan fingerprint density at radius 2 is 2.25 bits per heavy atom. The molecule has 8 heteroatoms. The van der Waals surface area contributed by atoms with Gasteiger partial charge in [0.15, 0.2) is 11.2 Å². The summed E-state index contributed by atoms with van der Waals surface area (Å²) in [7, 11) is 1.64. The van der Waals surface area contributed by atoms with E-state index in [1.807, 2.05) is 11.4 Å². The SMILES string of the molecule is CN1C(C=O)CC(c2cc(-c3ccc(C#N)c(F)c3)cs2)NS1=O. The molecule has 3 unspecified atom stereocenters. The molecule has 0 bridgehead atoms. The van der Waals surface area contributed by atoms with E-state index in [9.17, 15) is 13.4 Å².